The van der Waals surface area contributed by atoms with Crippen LogP contribution < -0.4 is 4.74 Å². The number of halogens is 2. The summed E-state index contributed by atoms with van der Waals surface area (Å²) in [7, 11) is 0. The summed E-state index contributed by atoms with van der Waals surface area (Å²) >= 11 is 14.5. The molecule has 1 aliphatic rings. The molecule has 0 fully saturated rings. The molecule has 0 saturated heterocycles. The van der Waals surface area contributed by atoms with Crippen LogP contribution >= 0.6 is 34.5 Å². The van der Waals surface area contributed by atoms with Gasteiger partial charge in [-0.1, -0.05) is 23.7 Å². The average molecular weight is 327 g/mol. The Kier molecular flexibility index (Phi) is 3.52. The molecule has 1 nitrogen and oxygen atoms in total. The lowest BCUT2D eigenvalue weighted by Crippen LogP contribution is -2.24. The molecule has 0 N–H and O–H groups in total. The highest BCUT2D eigenvalue weighted by atomic mass is 35.5. The second-order valence-corrected chi connectivity index (χ2v) is 7.59. The quantitative estimate of drug-likeness (QED) is 0.638. The third-order valence-electron chi connectivity index (χ3n) is 3.54. The number of aryl methyl sites for hydroxylation is 1. The van der Waals surface area contributed by atoms with Gasteiger partial charge >= 0.3 is 0 Å². The van der Waals surface area contributed by atoms with Gasteiger partial charge in [-0.2, -0.15) is 0 Å². The SMILES string of the molecule is Cc1csc(C(Cl)c2ccc3c(c2)CC(C)(C)O3)c1Cl. The van der Waals surface area contributed by atoms with Gasteiger partial charge in [0.15, 0.2) is 0 Å². The lowest BCUT2D eigenvalue weighted by Gasteiger charge is -2.16. The van der Waals surface area contributed by atoms with Gasteiger partial charge in [0, 0.05) is 11.3 Å². The predicted molar refractivity (Wildman–Crippen MR) is 86.6 cm³/mol. The molecule has 106 valence electrons. The van der Waals surface area contributed by atoms with Gasteiger partial charge in [0.2, 0.25) is 0 Å². The molecule has 1 atom stereocenters. The number of hydrogen-bond acceptors (Lipinski definition) is 2. The van der Waals surface area contributed by atoms with Gasteiger partial charge < -0.3 is 4.74 Å². The largest absolute Gasteiger partial charge is 0.487 e. The molecule has 0 spiro atoms. The van der Waals surface area contributed by atoms with Crippen molar-refractivity contribution in [2.45, 2.75) is 38.2 Å². The first-order valence-corrected chi connectivity index (χ1v) is 8.26. The summed E-state index contributed by atoms with van der Waals surface area (Å²) in [4.78, 5) is 1.02. The molecule has 2 heterocycles. The van der Waals surface area contributed by atoms with Crippen LogP contribution in [-0.2, 0) is 6.42 Å². The van der Waals surface area contributed by atoms with E-state index in [1.54, 1.807) is 11.3 Å². The molecule has 1 aromatic heterocycles. The first kappa shape index (κ1) is 14.2. The van der Waals surface area contributed by atoms with Crippen LogP contribution in [0.15, 0.2) is 23.6 Å². The normalized spacial score (nSPS) is 17.6. The Balaban J connectivity index is 1.95. The van der Waals surface area contributed by atoms with E-state index >= 15 is 0 Å². The van der Waals surface area contributed by atoms with Crippen molar-refractivity contribution >= 4 is 34.5 Å². The molecule has 0 bridgehead atoms. The smallest absolute Gasteiger partial charge is 0.123 e. The van der Waals surface area contributed by atoms with E-state index in [-0.39, 0.29) is 11.0 Å². The van der Waals surface area contributed by atoms with E-state index in [9.17, 15) is 0 Å². The highest BCUT2D eigenvalue weighted by Gasteiger charge is 2.30. The lowest BCUT2D eigenvalue weighted by atomic mass is 9.99. The minimum absolute atomic E-state index is 0.125. The van der Waals surface area contributed by atoms with Crippen LogP contribution in [0.4, 0.5) is 0 Å². The number of hydrogen-bond donors (Lipinski definition) is 0. The van der Waals surface area contributed by atoms with Crippen molar-refractivity contribution in [3.63, 3.8) is 0 Å². The number of alkyl halides is 1. The molecule has 0 radical (unpaired) electrons. The molecule has 0 aliphatic carbocycles. The first-order valence-electron chi connectivity index (χ1n) is 6.57. The zero-order chi connectivity index (χ0) is 14.5. The molecule has 1 unspecified atom stereocenters. The van der Waals surface area contributed by atoms with Gasteiger partial charge in [0.25, 0.3) is 0 Å². The summed E-state index contributed by atoms with van der Waals surface area (Å²) in [5.74, 6) is 0.969. The molecule has 1 aliphatic heterocycles. The maximum absolute atomic E-state index is 6.61. The van der Waals surface area contributed by atoms with Crippen molar-refractivity contribution in [3.05, 3.63) is 50.2 Å². The molecular formula is C16H16Cl2OS. The van der Waals surface area contributed by atoms with Crippen LogP contribution in [0.1, 0.15) is 40.8 Å². The molecule has 1 aromatic carbocycles. The van der Waals surface area contributed by atoms with Crippen molar-refractivity contribution in [1.82, 2.24) is 0 Å². The van der Waals surface area contributed by atoms with E-state index in [0.29, 0.717) is 0 Å². The van der Waals surface area contributed by atoms with Crippen LogP contribution in [0.3, 0.4) is 0 Å². The fourth-order valence-corrected chi connectivity index (χ4v) is 4.32. The molecule has 3 rings (SSSR count). The van der Waals surface area contributed by atoms with E-state index < -0.39 is 0 Å². The van der Waals surface area contributed by atoms with Crippen molar-refractivity contribution in [2.75, 3.05) is 0 Å². The van der Waals surface area contributed by atoms with E-state index in [2.05, 4.69) is 19.9 Å². The van der Waals surface area contributed by atoms with Gasteiger partial charge in [0.1, 0.15) is 11.4 Å². The minimum Gasteiger partial charge on any atom is -0.487 e. The fraction of sp³-hybridized carbons (Fsp3) is 0.375. The third kappa shape index (κ3) is 2.45. The molecule has 20 heavy (non-hydrogen) atoms. The third-order valence-corrected chi connectivity index (χ3v) is 5.91. The molecular weight excluding hydrogens is 311 g/mol. The lowest BCUT2D eigenvalue weighted by molar-refractivity contribution is 0.138. The van der Waals surface area contributed by atoms with Crippen LogP contribution in [0.25, 0.3) is 0 Å². The predicted octanol–water partition coefficient (Wildman–Crippen LogP) is 5.75. The average Bonchev–Trinajstić information content (AvgIpc) is 2.87. The highest BCUT2D eigenvalue weighted by molar-refractivity contribution is 7.11. The van der Waals surface area contributed by atoms with Gasteiger partial charge in [-0.3, -0.25) is 0 Å². The summed E-state index contributed by atoms with van der Waals surface area (Å²) in [5.41, 5.74) is 3.26. The Morgan fingerprint density at radius 3 is 2.75 bits per heavy atom. The van der Waals surface area contributed by atoms with E-state index in [1.165, 1.54) is 5.56 Å². The van der Waals surface area contributed by atoms with Crippen LogP contribution in [0.5, 0.6) is 5.75 Å². The van der Waals surface area contributed by atoms with E-state index in [1.807, 2.05) is 24.4 Å². The zero-order valence-electron chi connectivity index (χ0n) is 11.7. The zero-order valence-corrected chi connectivity index (χ0v) is 14.0. The Bertz CT molecular complexity index is 660. The van der Waals surface area contributed by atoms with Gasteiger partial charge in [-0.25, -0.2) is 0 Å². The Hall–Kier alpha value is -0.700. The second-order valence-electron chi connectivity index (χ2n) is 5.87. The standard InChI is InChI=1S/C16H16Cl2OS/c1-9-8-20-15(13(9)17)14(18)10-4-5-12-11(6-10)7-16(2,3)19-12/h4-6,8,14H,7H2,1-3H3. The van der Waals surface area contributed by atoms with Crippen molar-refractivity contribution < 1.29 is 4.74 Å². The first-order chi connectivity index (χ1) is 9.37. The summed E-state index contributed by atoms with van der Waals surface area (Å²) in [6.45, 7) is 6.21. The summed E-state index contributed by atoms with van der Waals surface area (Å²) < 4.78 is 5.90. The van der Waals surface area contributed by atoms with Crippen molar-refractivity contribution in [1.29, 1.82) is 0 Å². The Labute approximate surface area is 133 Å². The van der Waals surface area contributed by atoms with E-state index in [4.69, 9.17) is 27.9 Å². The number of benzene rings is 1. The number of rotatable bonds is 2. The molecule has 0 saturated carbocycles. The van der Waals surface area contributed by atoms with Crippen molar-refractivity contribution in [3.8, 4) is 5.75 Å². The summed E-state index contributed by atoms with van der Waals surface area (Å²) in [6, 6.07) is 6.19. The second kappa shape index (κ2) is 4.94. The molecule has 4 heteroatoms. The topological polar surface area (TPSA) is 9.23 Å². The highest BCUT2D eigenvalue weighted by Crippen LogP contribution is 2.42. The number of ether oxygens (including phenoxy) is 1. The monoisotopic (exact) mass is 326 g/mol. The van der Waals surface area contributed by atoms with Crippen molar-refractivity contribution in [2.24, 2.45) is 0 Å². The van der Waals surface area contributed by atoms with Crippen LogP contribution in [-0.4, -0.2) is 5.60 Å². The number of thiophene rings is 1. The Morgan fingerprint density at radius 1 is 1.35 bits per heavy atom. The maximum atomic E-state index is 6.61. The van der Waals surface area contributed by atoms with Gasteiger partial charge in [-0.05, 0) is 48.9 Å². The Morgan fingerprint density at radius 2 is 2.10 bits per heavy atom. The maximum Gasteiger partial charge on any atom is 0.123 e. The van der Waals surface area contributed by atoms with Crippen LogP contribution in [0, 0.1) is 6.92 Å². The van der Waals surface area contributed by atoms with Gasteiger partial charge in [-0.15, -0.1) is 22.9 Å². The molecule has 0 amide bonds. The number of fused-ring (bicyclic) bond motifs is 1. The summed E-state index contributed by atoms with van der Waals surface area (Å²) in [6.07, 6.45) is 0.914. The van der Waals surface area contributed by atoms with Crippen LogP contribution in [0.2, 0.25) is 5.02 Å². The van der Waals surface area contributed by atoms with E-state index in [0.717, 1.165) is 33.2 Å². The fourth-order valence-electron chi connectivity index (χ4n) is 2.56. The summed E-state index contributed by atoms with van der Waals surface area (Å²) in [5, 5.41) is 2.63. The minimum atomic E-state index is -0.199. The van der Waals surface area contributed by atoms with Gasteiger partial charge in [0.05, 0.1) is 10.4 Å². The molecule has 2 aromatic rings.